The Morgan fingerprint density at radius 3 is 1.78 bits per heavy atom. The van der Waals surface area contributed by atoms with Crippen LogP contribution in [0.2, 0.25) is 0 Å². The Bertz CT molecular complexity index is 264. The number of carbonyl (C=O) groups excluding carboxylic acids is 1. The molecule has 0 amide bonds. The van der Waals surface area contributed by atoms with E-state index >= 15 is 0 Å². The van der Waals surface area contributed by atoms with Crippen LogP contribution in [0.5, 0.6) is 0 Å². The quantitative estimate of drug-likeness (QED) is 0.354. The summed E-state index contributed by atoms with van der Waals surface area (Å²) in [7, 11) is 0. The fraction of sp³-hybridized carbons (Fsp3) is 0.950. The van der Waals surface area contributed by atoms with E-state index in [2.05, 4.69) is 17.1 Å². The molecule has 1 aliphatic heterocycles. The van der Waals surface area contributed by atoms with Gasteiger partial charge in [0.05, 0.1) is 6.04 Å². The lowest BCUT2D eigenvalue weighted by molar-refractivity contribution is -0.112. The Hall–Kier alpha value is -0.410. The Morgan fingerprint density at radius 1 is 0.826 bits per heavy atom. The summed E-state index contributed by atoms with van der Waals surface area (Å²) in [5, 5.41) is 3.35. The molecule has 1 atom stereocenters. The van der Waals surface area contributed by atoms with Crippen molar-refractivity contribution in [1.82, 2.24) is 10.2 Å². The van der Waals surface area contributed by atoms with Crippen LogP contribution in [0.15, 0.2) is 0 Å². The van der Waals surface area contributed by atoms with Crippen molar-refractivity contribution in [2.24, 2.45) is 0 Å². The minimum Gasteiger partial charge on any atom is -0.314 e. The van der Waals surface area contributed by atoms with Crippen molar-refractivity contribution in [3.63, 3.8) is 0 Å². The molecule has 136 valence electrons. The van der Waals surface area contributed by atoms with Crippen molar-refractivity contribution < 1.29 is 4.79 Å². The number of hydrogen-bond acceptors (Lipinski definition) is 3. The molecule has 1 rings (SSSR count). The molecule has 0 aromatic rings. The minimum atomic E-state index is 0.167. The zero-order valence-corrected chi connectivity index (χ0v) is 15.5. The summed E-state index contributed by atoms with van der Waals surface area (Å²) in [4.78, 5) is 13.6. The third-order valence-electron chi connectivity index (χ3n) is 5.13. The maximum absolute atomic E-state index is 11.3. The monoisotopic (exact) mass is 324 g/mol. The molecule has 1 aliphatic rings. The molecular weight excluding hydrogens is 284 g/mol. The molecule has 23 heavy (non-hydrogen) atoms. The molecular formula is C20H40N2O. The summed E-state index contributed by atoms with van der Waals surface area (Å²) in [6, 6.07) is 0.167. The summed E-state index contributed by atoms with van der Waals surface area (Å²) in [5.74, 6) is 0. The zero-order valence-electron chi connectivity index (χ0n) is 15.5. The molecule has 1 N–H and O–H groups in total. The van der Waals surface area contributed by atoms with Crippen LogP contribution in [0.4, 0.5) is 0 Å². The number of rotatable bonds is 15. The van der Waals surface area contributed by atoms with E-state index in [0.29, 0.717) is 0 Å². The van der Waals surface area contributed by atoms with E-state index in [-0.39, 0.29) is 6.04 Å². The van der Waals surface area contributed by atoms with Crippen molar-refractivity contribution in [2.45, 2.75) is 96.4 Å². The topological polar surface area (TPSA) is 32.3 Å². The van der Waals surface area contributed by atoms with Gasteiger partial charge in [-0.3, -0.25) is 4.90 Å². The molecule has 1 fully saturated rings. The molecule has 0 spiro atoms. The van der Waals surface area contributed by atoms with Gasteiger partial charge in [0.25, 0.3) is 0 Å². The van der Waals surface area contributed by atoms with E-state index < -0.39 is 0 Å². The molecule has 0 aromatic carbocycles. The number of nitrogens with one attached hydrogen (secondary N) is 1. The molecule has 0 aliphatic carbocycles. The Balaban J connectivity index is 1.85. The SMILES string of the molecule is CCCCCCCCCCCCCCC(C=O)N1CCNCC1. The number of carbonyl (C=O) groups is 1. The molecule has 3 heteroatoms. The molecule has 0 bridgehead atoms. The van der Waals surface area contributed by atoms with Gasteiger partial charge in [0, 0.05) is 26.2 Å². The number of piperazine rings is 1. The standard InChI is InChI=1S/C20H40N2O/c1-2-3-4-5-6-7-8-9-10-11-12-13-14-20(19-23)22-17-15-21-16-18-22/h19-21H,2-18H2,1H3. The van der Waals surface area contributed by atoms with Crippen molar-refractivity contribution >= 4 is 6.29 Å². The number of nitrogens with zero attached hydrogens (tertiary/aromatic N) is 1. The van der Waals surface area contributed by atoms with Crippen LogP contribution in [0.3, 0.4) is 0 Å². The maximum Gasteiger partial charge on any atom is 0.137 e. The van der Waals surface area contributed by atoms with Gasteiger partial charge in [-0.2, -0.15) is 0 Å². The number of hydrogen-bond donors (Lipinski definition) is 1. The first kappa shape index (κ1) is 20.6. The summed E-state index contributed by atoms with van der Waals surface area (Å²) < 4.78 is 0. The molecule has 0 aromatic heterocycles. The first-order valence-electron chi connectivity index (χ1n) is 10.3. The maximum atomic E-state index is 11.3. The predicted octanol–water partition coefficient (Wildman–Crippen LogP) is 4.55. The lowest BCUT2D eigenvalue weighted by Crippen LogP contribution is -2.49. The largest absolute Gasteiger partial charge is 0.314 e. The summed E-state index contributed by atoms with van der Waals surface area (Å²) in [5.41, 5.74) is 0. The fourth-order valence-electron chi connectivity index (χ4n) is 3.54. The lowest BCUT2D eigenvalue weighted by atomic mass is 10.0. The van der Waals surface area contributed by atoms with Crippen molar-refractivity contribution in [2.75, 3.05) is 26.2 Å². The van der Waals surface area contributed by atoms with Gasteiger partial charge in [0.1, 0.15) is 6.29 Å². The van der Waals surface area contributed by atoms with E-state index in [4.69, 9.17) is 0 Å². The fourth-order valence-corrected chi connectivity index (χ4v) is 3.54. The highest BCUT2D eigenvalue weighted by molar-refractivity contribution is 5.57. The van der Waals surface area contributed by atoms with Gasteiger partial charge >= 0.3 is 0 Å². The van der Waals surface area contributed by atoms with Crippen LogP contribution in [-0.4, -0.2) is 43.4 Å². The Kier molecular flexibility index (Phi) is 13.6. The van der Waals surface area contributed by atoms with Crippen molar-refractivity contribution in [3.05, 3.63) is 0 Å². The summed E-state index contributed by atoms with van der Waals surface area (Å²) in [6.07, 6.45) is 18.8. The van der Waals surface area contributed by atoms with E-state index in [1.54, 1.807) is 0 Å². The minimum absolute atomic E-state index is 0.167. The van der Waals surface area contributed by atoms with E-state index in [9.17, 15) is 4.79 Å². The van der Waals surface area contributed by atoms with E-state index in [0.717, 1.165) is 32.6 Å². The molecule has 0 radical (unpaired) electrons. The van der Waals surface area contributed by atoms with Gasteiger partial charge in [0.2, 0.25) is 0 Å². The normalized spacial score (nSPS) is 17.3. The average molecular weight is 325 g/mol. The average Bonchev–Trinajstić information content (AvgIpc) is 2.60. The van der Waals surface area contributed by atoms with Gasteiger partial charge in [-0.15, -0.1) is 0 Å². The smallest absolute Gasteiger partial charge is 0.137 e. The number of unbranched alkanes of at least 4 members (excludes halogenated alkanes) is 11. The van der Waals surface area contributed by atoms with Crippen LogP contribution < -0.4 is 5.32 Å². The van der Waals surface area contributed by atoms with Crippen LogP contribution in [0.1, 0.15) is 90.4 Å². The van der Waals surface area contributed by atoms with Crippen molar-refractivity contribution in [3.8, 4) is 0 Å². The van der Waals surface area contributed by atoms with Crippen LogP contribution in [0, 0.1) is 0 Å². The third kappa shape index (κ3) is 10.9. The van der Waals surface area contributed by atoms with Crippen LogP contribution in [0.25, 0.3) is 0 Å². The third-order valence-corrected chi connectivity index (χ3v) is 5.13. The molecule has 1 unspecified atom stereocenters. The predicted molar refractivity (Wildman–Crippen MR) is 100.0 cm³/mol. The van der Waals surface area contributed by atoms with Gasteiger partial charge in [-0.1, -0.05) is 84.0 Å². The molecule has 1 heterocycles. The highest BCUT2D eigenvalue weighted by atomic mass is 16.1. The second-order valence-electron chi connectivity index (χ2n) is 7.17. The lowest BCUT2D eigenvalue weighted by Gasteiger charge is -2.31. The molecule has 1 saturated heterocycles. The van der Waals surface area contributed by atoms with Gasteiger partial charge in [0.15, 0.2) is 0 Å². The Morgan fingerprint density at radius 2 is 1.30 bits per heavy atom. The van der Waals surface area contributed by atoms with Gasteiger partial charge in [-0.25, -0.2) is 0 Å². The first-order valence-corrected chi connectivity index (χ1v) is 10.3. The van der Waals surface area contributed by atoms with Crippen molar-refractivity contribution in [1.29, 1.82) is 0 Å². The molecule has 0 saturated carbocycles. The van der Waals surface area contributed by atoms with Crippen LogP contribution >= 0.6 is 0 Å². The highest BCUT2D eigenvalue weighted by Gasteiger charge is 2.18. The Labute approximate surface area is 144 Å². The summed E-state index contributed by atoms with van der Waals surface area (Å²) >= 11 is 0. The van der Waals surface area contributed by atoms with Crippen LogP contribution in [-0.2, 0) is 4.79 Å². The van der Waals surface area contributed by atoms with E-state index in [1.165, 1.54) is 83.3 Å². The zero-order chi connectivity index (χ0) is 16.6. The summed E-state index contributed by atoms with van der Waals surface area (Å²) in [6.45, 7) is 6.40. The van der Waals surface area contributed by atoms with E-state index in [1.807, 2.05) is 0 Å². The highest BCUT2D eigenvalue weighted by Crippen LogP contribution is 2.14. The second kappa shape index (κ2) is 15.1. The van der Waals surface area contributed by atoms with Gasteiger partial charge in [-0.05, 0) is 6.42 Å². The van der Waals surface area contributed by atoms with Gasteiger partial charge < -0.3 is 10.1 Å². The second-order valence-corrected chi connectivity index (χ2v) is 7.17. The number of aldehydes is 1. The first-order chi connectivity index (χ1) is 11.4. The molecule has 3 nitrogen and oxygen atoms in total.